The van der Waals surface area contributed by atoms with Gasteiger partial charge in [-0.3, -0.25) is 0 Å². The van der Waals surface area contributed by atoms with E-state index in [1.807, 2.05) is 36.4 Å². The van der Waals surface area contributed by atoms with Gasteiger partial charge in [-0.2, -0.15) is 0 Å². The highest BCUT2D eigenvalue weighted by atomic mass is 15.1. The number of nitrogens with zero attached hydrogens (tertiary/aromatic N) is 5. The van der Waals surface area contributed by atoms with Gasteiger partial charge >= 0.3 is 0 Å². The Kier molecular flexibility index (Phi) is 7.64. The third-order valence-corrected chi connectivity index (χ3v) is 11.0. The Morgan fingerprint density at radius 1 is 0.333 bits per heavy atom. The summed E-state index contributed by atoms with van der Waals surface area (Å²) in [5, 5.41) is 4.83. The molecule has 5 heteroatoms. The van der Waals surface area contributed by atoms with E-state index in [1.54, 1.807) is 0 Å². The minimum Gasteiger partial charge on any atom is -0.309 e. The highest BCUT2D eigenvalue weighted by Gasteiger charge is 2.21. The molecule has 0 N–H and O–H groups in total. The van der Waals surface area contributed by atoms with Crippen LogP contribution in [0.2, 0.25) is 0 Å². The molecule has 0 aliphatic carbocycles. The van der Waals surface area contributed by atoms with Crippen LogP contribution in [0.5, 0.6) is 0 Å². The van der Waals surface area contributed by atoms with Crippen LogP contribution < -0.4 is 0 Å². The van der Waals surface area contributed by atoms with Crippen LogP contribution in [-0.2, 0) is 0 Å². The molecule has 0 amide bonds. The lowest BCUT2D eigenvalue weighted by atomic mass is 9.99. The topological polar surface area (TPSA) is 48.5 Å². The lowest BCUT2D eigenvalue weighted by Crippen LogP contribution is -2.04. The van der Waals surface area contributed by atoms with E-state index in [9.17, 15) is 0 Å². The first-order valence-electron chi connectivity index (χ1n) is 19.3. The van der Waals surface area contributed by atoms with Crippen LogP contribution in [0.1, 0.15) is 5.56 Å². The lowest BCUT2D eigenvalue weighted by molar-refractivity contribution is 1.06. The van der Waals surface area contributed by atoms with E-state index >= 15 is 0 Å². The Hall–Kier alpha value is -7.63. The largest absolute Gasteiger partial charge is 0.309 e. The number of rotatable bonds is 6. The molecule has 57 heavy (non-hydrogen) atoms. The van der Waals surface area contributed by atoms with Crippen LogP contribution in [0.4, 0.5) is 0 Å². The molecule has 0 saturated carbocycles. The van der Waals surface area contributed by atoms with Gasteiger partial charge in [-0.1, -0.05) is 140 Å². The molecule has 0 spiro atoms. The van der Waals surface area contributed by atoms with Crippen molar-refractivity contribution in [2.24, 2.45) is 0 Å². The summed E-state index contributed by atoms with van der Waals surface area (Å²) in [5.74, 6) is 1.87. The molecular formula is C52H35N5. The van der Waals surface area contributed by atoms with Gasteiger partial charge in [-0.15, -0.1) is 0 Å². The van der Waals surface area contributed by atoms with Crippen molar-refractivity contribution in [2.75, 3.05) is 0 Å². The minimum absolute atomic E-state index is 0.611. The molecule has 3 aromatic heterocycles. The maximum Gasteiger partial charge on any atom is 0.166 e. The summed E-state index contributed by atoms with van der Waals surface area (Å²) in [6, 6.07) is 68.6. The van der Waals surface area contributed by atoms with Gasteiger partial charge in [0.1, 0.15) is 0 Å². The fraction of sp³-hybridized carbons (Fsp3) is 0.0192. The molecular weight excluding hydrogens is 695 g/mol. The molecule has 5 nitrogen and oxygen atoms in total. The average molecular weight is 730 g/mol. The predicted molar refractivity (Wildman–Crippen MR) is 235 cm³/mol. The minimum atomic E-state index is 0.611. The quantitative estimate of drug-likeness (QED) is 0.171. The summed E-state index contributed by atoms with van der Waals surface area (Å²) in [7, 11) is 0. The fourth-order valence-corrected chi connectivity index (χ4v) is 8.37. The van der Waals surface area contributed by atoms with E-state index in [0.717, 1.165) is 50.2 Å². The Labute approximate surface area is 329 Å². The van der Waals surface area contributed by atoms with Crippen molar-refractivity contribution in [3.8, 4) is 56.7 Å². The van der Waals surface area contributed by atoms with Crippen molar-refractivity contribution in [2.45, 2.75) is 6.92 Å². The molecule has 0 saturated heterocycles. The van der Waals surface area contributed by atoms with Gasteiger partial charge in [-0.25, -0.2) is 15.0 Å². The molecule has 0 aliphatic rings. The first-order chi connectivity index (χ1) is 28.2. The Balaban J connectivity index is 1.19. The van der Waals surface area contributed by atoms with Crippen molar-refractivity contribution in [1.29, 1.82) is 0 Å². The second-order valence-electron chi connectivity index (χ2n) is 14.6. The van der Waals surface area contributed by atoms with Crippen molar-refractivity contribution >= 4 is 43.6 Å². The third-order valence-electron chi connectivity index (χ3n) is 11.0. The number of para-hydroxylation sites is 3. The van der Waals surface area contributed by atoms with E-state index in [2.05, 4.69) is 174 Å². The number of aryl methyl sites for hydroxylation is 1. The summed E-state index contributed by atoms with van der Waals surface area (Å²) in [5.41, 5.74) is 12.9. The first kappa shape index (κ1) is 32.8. The summed E-state index contributed by atoms with van der Waals surface area (Å²) in [6.45, 7) is 2.15. The van der Waals surface area contributed by atoms with Crippen molar-refractivity contribution in [3.05, 3.63) is 200 Å². The molecule has 11 rings (SSSR count). The molecule has 0 aliphatic heterocycles. The molecule has 11 aromatic rings. The van der Waals surface area contributed by atoms with E-state index in [1.165, 1.54) is 38.1 Å². The third kappa shape index (κ3) is 5.51. The number of fused-ring (bicyclic) bond motifs is 6. The molecule has 8 aromatic carbocycles. The summed E-state index contributed by atoms with van der Waals surface area (Å²) < 4.78 is 4.73. The van der Waals surface area contributed by atoms with Crippen molar-refractivity contribution in [3.63, 3.8) is 0 Å². The zero-order chi connectivity index (χ0) is 37.9. The van der Waals surface area contributed by atoms with Gasteiger partial charge in [0.25, 0.3) is 0 Å². The van der Waals surface area contributed by atoms with Crippen LogP contribution in [0.15, 0.2) is 194 Å². The molecule has 0 unspecified atom stereocenters. The van der Waals surface area contributed by atoms with E-state index in [-0.39, 0.29) is 0 Å². The summed E-state index contributed by atoms with van der Waals surface area (Å²) in [6.07, 6.45) is 0. The number of aromatic nitrogens is 5. The molecule has 268 valence electrons. The smallest absolute Gasteiger partial charge is 0.166 e. The second kappa shape index (κ2) is 13.3. The maximum absolute atomic E-state index is 5.27. The van der Waals surface area contributed by atoms with Crippen LogP contribution >= 0.6 is 0 Å². The van der Waals surface area contributed by atoms with E-state index in [4.69, 9.17) is 15.0 Å². The SMILES string of the molecule is Cc1ccc2c3ccccc3n(-c3ccc(-c4ccc5c(c4)c4ccccc4n5-c4ccccc4)cc3-c3nc(-c4ccccc4)nc(-c4ccccc4)n3)c2c1. The number of hydrogen-bond donors (Lipinski definition) is 0. The standard InChI is InChI=1S/C52H35N5/c1-34-25-28-42-40-21-11-14-24-46(40)57(49(42)31-34)48-30-27-38(37-26-29-47-43(32-37)41-22-12-13-23-45(41)56(47)39-19-9-4-10-20-39)33-44(48)52-54-50(35-15-5-2-6-16-35)53-51(55-52)36-17-7-3-8-18-36/h2-33H,1H3. The lowest BCUT2D eigenvalue weighted by Gasteiger charge is -2.16. The van der Waals surface area contributed by atoms with Crippen LogP contribution in [-0.4, -0.2) is 24.1 Å². The monoisotopic (exact) mass is 729 g/mol. The zero-order valence-electron chi connectivity index (χ0n) is 31.2. The van der Waals surface area contributed by atoms with Gasteiger partial charge in [0.15, 0.2) is 17.5 Å². The fourth-order valence-electron chi connectivity index (χ4n) is 8.37. The highest BCUT2D eigenvalue weighted by molar-refractivity contribution is 6.11. The molecule has 0 atom stereocenters. The first-order valence-corrected chi connectivity index (χ1v) is 19.3. The second-order valence-corrected chi connectivity index (χ2v) is 14.6. The van der Waals surface area contributed by atoms with Gasteiger partial charge in [0, 0.05) is 43.9 Å². The Morgan fingerprint density at radius 3 is 1.53 bits per heavy atom. The predicted octanol–water partition coefficient (Wildman–Crippen LogP) is 13.0. The van der Waals surface area contributed by atoms with Crippen LogP contribution in [0.25, 0.3) is 100 Å². The van der Waals surface area contributed by atoms with Gasteiger partial charge < -0.3 is 9.13 Å². The Bertz CT molecular complexity index is 3230. The number of hydrogen-bond acceptors (Lipinski definition) is 3. The van der Waals surface area contributed by atoms with Crippen LogP contribution in [0, 0.1) is 6.92 Å². The van der Waals surface area contributed by atoms with Gasteiger partial charge in [0.05, 0.1) is 27.8 Å². The molecule has 0 bridgehead atoms. The van der Waals surface area contributed by atoms with Crippen molar-refractivity contribution in [1.82, 2.24) is 24.1 Å². The molecule has 0 radical (unpaired) electrons. The van der Waals surface area contributed by atoms with Crippen LogP contribution in [0.3, 0.4) is 0 Å². The van der Waals surface area contributed by atoms with Gasteiger partial charge in [0.2, 0.25) is 0 Å². The van der Waals surface area contributed by atoms with Gasteiger partial charge in [-0.05, 0) is 78.2 Å². The Morgan fingerprint density at radius 2 is 0.842 bits per heavy atom. The summed E-state index contributed by atoms with van der Waals surface area (Å²) >= 11 is 0. The summed E-state index contributed by atoms with van der Waals surface area (Å²) in [4.78, 5) is 15.6. The highest BCUT2D eigenvalue weighted by Crippen LogP contribution is 2.40. The maximum atomic E-state index is 5.27. The van der Waals surface area contributed by atoms with Crippen molar-refractivity contribution < 1.29 is 0 Å². The van der Waals surface area contributed by atoms with E-state index < -0.39 is 0 Å². The molecule has 0 fully saturated rings. The average Bonchev–Trinajstić information content (AvgIpc) is 3.79. The zero-order valence-corrected chi connectivity index (χ0v) is 31.2. The normalized spacial score (nSPS) is 11.6. The van der Waals surface area contributed by atoms with E-state index in [0.29, 0.717) is 17.5 Å². The molecule has 3 heterocycles. The number of benzene rings is 8.